The normalized spacial score (nSPS) is 10.6. The van der Waals surface area contributed by atoms with Crippen LogP contribution in [0.1, 0.15) is 24.0 Å². The van der Waals surface area contributed by atoms with Gasteiger partial charge >= 0.3 is 0 Å². The van der Waals surface area contributed by atoms with Gasteiger partial charge in [-0.15, -0.1) is 11.8 Å². The molecule has 0 spiro atoms. The lowest BCUT2D eigenvalue weighted by molar-refractivity contribution is 0.802. The summed E-state index contributed by atoms with van der Waals surface area (Å²) >= 11 is 1.87. The summed E-state index contributed by atoms with van der Waals surface area (Å²) in [5, 5.41) is 0. The summed E-state index contributed by atoms with van der Waals surface area (Å²) in [6.45, 7) is 2.06. The molecule has 0 aliphatic carbocycles. The quantitative estimate of drug-likeness (QED) is 0.468. The van der Waals surface area contributed by atoms with Gasteiger partial charge < -0.3 is 5.73 Å². The highest BCUT2D eigenvalue weighted by Crippen LogP contribution is 2.28. The lowest BCUT2D eigenvalue weighted by atomic mass is 10.1. The zero-order valence-electron chi connectivity index (χ0n) is 11.4. The van der Waals surface area contributed by atoms with E-state index in [1.54, 1.807) is 0 Å². The molecule has 0 radical (unpaired) electrons. The Morgan fingerprint density at radius 3 is 2.53 bits per heavy atom. The van der Waals surface area contributed by atoms with Crippen LogP contribution in [-0.4, -0.2) is 5.75 Å². The SMILES string of the molecule is Cc1cccc(SCCCCc2ccccc2)c1N. The molecule has 19 heavy (non-hydrogen) atoms. The van der Waals surface area contributed by atoms with Gasteiger partial charge in [-0.3, -0.25) is 0 Å². The van der Waals surface area contributed by atoms with E-state index in [9.17, 15) is 0 Å². The first-order valence-corrected chi connectivity index (χ1v) is 7.78. The second kappa shape index (κ2) is 7.25. The number of aryl methyl sites for hydroxylation is 2. The van der Waals surface area contributed by atoms with Crippen molar-refractivity contribution in [2.45, 2.75) is 31.1 Å². The molecule has 0 heterocycles. The van der Waals surface area contributed by atoms with E-state index < -0.39 is 0 Å². The number of hydrogen-bond acceptors (Lipinski definition) is 2. The molecule has 0 bridgehead atoms. The van der Waals surface area contributed by atoms with Crippen molar-refractivity contribution in [3.05, 3.63) is 59.7 Å². The average molecular weight is 271 g/mol. The van der Waals surface area contributed by atoms with Crippen LogP contribution in [0.2, 0.25) is 0 Å². The first-order chi connectivity index (χ1) is 9.27. The van der Waals surface area contributed by atoms with Gasteiger partial charge in [0.15, 0.2) is 0 Å². The molecule has 2 rings (SSSR count). The fraction of sp³-hybridized carbons (Fsp3) is 0.294. The van der Waals surface area contributed by atoms with Gasteiger partial charge in [0.2, 0.25) is 0 Å². The third-order valence-electron chi connectivity index (χ3n) is 3.24. The molecule has 0 fully saturated rings. The Bertz CT molecular complexity index is 508. The molecule has 0 aliphatic heterocycles. The zero-order valence-corrected chi connectivity index (χ0v) is 12.2. The number of thioether (sulfide) groups is 1. The van der Waals surface area contributed by atoms with Crippen LogP contribution in [0.25, 0.3) is 0 Å². The maximum atomic E-state index is 6.07. The van der Waals surface area contributed by atoms with Crippen molar-refractivity contribution in [1.29, 1.82) is 0 Å². The molecule has 0 amide bonds. The average Bonchev–Trinajstić information content (AvgIpc) is 2.44. The largest absolute Gasteiger partial charge is 0.398 e. The van der Waals surface area contributed by atoms with Gasteiger partial charge in [-0.1, -0.05) is 42.5 Å². The number of para-hydroxylation sites is 1. The molecule has 2 aromatic rings. The second-order valence-electron chi connectivity index (χ2n) is 4.78. The highest BCUT2D eigenvalue weighted by Gasteiger charge is 2.01. The van der Waals surface area contributed by atoms with E-state index in [2.05, 4.69) is 55.5 Å². The molecule has 0 unspecified atom stereocenters. The van der Waals surface area contributed by atoms with Crippen LogP contribution in [0.5, 0.6) is 0 Å². The Hall–Kier alpha value is -1.41. The van der Waals surface area contributed by atoms with Crippen molar-refractivity contribution >= 4 is 17.4 Å². The Morgan fingerprint density at radius 2 is 1.74 bits per heavy atom. The van der Waals surface area contributed by atoms with Crippen LogP contribution in [0.4, 0.5) is 5.69 Å². The topological polar surface area (TPSA) is 26.0 Å². The summed E-state index contributed by atoms with van der Waals surface area (Å²) in [6, 6.07) is 16.9. The van der Waals surface area contributed by atoms with Crippen LogP contribution < -0.4 is 5.73 Å². The third-order valence-corrected chi connectivity index (χ3v) is 4.40. The number of hydrogen-bond donors (Lipinski definition) is 1. The lowest BCUT2D eigenvalue weighted by Gasteiger charge is -2.07. The van der Waals surface area contributed by atoms with Gasteiger partial charge in [0.1, 0.15) is 0 Å². The number of rotatable bonds is 6. The number of benzene rings is 2. The zero-order chi connectivity index (χ0) is 13.5. The Morgan fingerprint density at radius 1 is 0.947 bits per heavy atom. The highest BCUT2D eigenvalue weighted by molar-refractivity contribution is 7.99. The number of unbranched alkanes of at least 4 members (excludes halogenated alkanes) is 1. The summed E-state index contributed by atoms with van der Waals surface area (Å²) < 4.78 is 0. The lowest BCUT2D eigenvalue weighted by Crippen LogP contribution is -1.93. The molecule has 2 aromatic carbocycles. The van der Waals surface area contributed by atoms with E-state index in [0.717, 1.165) is 11.4 Å². The predicted molar refractivity (Wildman–Crippen MR) is 85.7 cm³/mol. The minimum absolute atomic E-state index is 0.940. The standard InChI is InChI=1S/C17H21NS/c1-14-8-7-12-16(17(14)18)19-13-6-5-11-15-9-3-2-4-10-15/h2-4,7-10,12H,5-6,11,13,18H2,1H3. The first-order valence-electron chi connectivity index (χ1n) is 6.79. The van der Waals surface area contributed by atoms with E-state index in [0.29, 0.717) is 0 Å². The second-order valence-corrected chi connectivity index (χ2v) is 5.91. The van der Waals surface area contributed by atoms with E-state index in [1.165, 1.54) is 35.3 Å². The van der Waals surface area contributed by atoms with Gasteiger partial charge in [0, 0.05) is 10.6 Å². The highest BCUT2D eigenvalue weighted by atomic mass is 32.2. The minimum Gasteiger partial charge on any atom is -0.398 e. The van der Waals surface area contributed by atoms with Gasteiger partial charge in [-0.05, 0) is 49.1 Å². The molecular formula is C17H21NS. The Balaban J connectivity index is 1.71. The number of anilines is 1. The summed E-state index contributed by atoms with van der Waals surface area (Å²) in [5.74, 6) is 1.14. The summed E-state index contributed by atoms with van der Waals surface area (Å²) in [7, 11) is 0. The number of nitrogen functional groups attached to an aromatic ring is 1. The maximum Gasteiger partial charge on any atom is 0.0481 e. The fourth-order valence-corrected chi connectivity index (χ4v) is 3.10. The fourth-order valence-electron chi connectivity index (χ4n) is 2.04. The van der Waals surface area contributed by atoms with Crippen LogP contribution in [-0.2, 0) is 6.42 Å². The smallest absolute Gasteiger partial charge is 0.0481 e. The monoisotopic (exact) mass is 271 g/mol. The molecule has 2 N–H and O–H groups in total. The van der Waals surface area contributed by atoms with E-state index >= 15 is 0 Å². The van der Waals surface area contributed by atoms with Crippen LogP contribution in [0.15, 0.2) is 53.4 Å². The Kier molecular flexibility index (Phi) is 5.34. The van der Waals surface area contributed by atoms with Crippen molar-refractivity contribution in [2.75, 3.05) is 11.5 Å². The summed E-state index contributed by atoms with van der Waals surface area (Å²) in [6.07, 6.45) is 3.64. The minimum atomic E-state index is 0.940. The molecule has 0 saturated heterocycles. The van der Waals surface area contributed by atoms with Crippen molar-refractivity contribution in [2.24, 2.45) is 0 Å². The van der Waals surface area contributed by atoms with E-state index in [4.69, 9.17) is 5.73 Å². The Labute approximate surface area is 120 Å². The molecule has 2 heteroatoms. The summed E-state index contributed by atoms with van der Waals surface area (Å²) in [4.78, 5) is 1.22. The third kappa shape index (κ3) is 4.32. The van der Waals surface area contributed by atoms with Crippen LogP contribution in [0, 0.1) is 6.92 Å². The molecular weight excluding hydrogens is 250 g/mol. The molecule has 0 atom stereocenters. The molecule has 0 aromatic heterocycles. The molecule has 0 saturated carbocycles. The van der Waals surface area contributed by atoms with Crippen molar-refractivity contribution in [1.82, 2.24) is 0 Å². The molecule has 1 nitrogen and oxygen atoms in total. The van der Waals surface area contributed by atoms with Crippen molar-refractivity contribution in [3.8, 4) is 0 Å². The molecule has 0 aliphatic rings. The van der Waals surface area contributed by atoms with Crippen LogP contribution >= 0.6 is 11.8 Å². The predicted octanol–water partition coefficient (Wildman–Crippen LogP) is 4.69. The van der Waals surface area contributed by atoms with Gasteiger partial charge in [-0.2, -0.15) is 0 Å². The maximum absolute atomic E-state index is 6.07. The van der Waals surface area contributed by atoms with Gasteiger partial charge in [0.25, 0.3) is 0 Å². The summed E-state index contributed by atoms with van der Waals surface area (Å²) in [5.41, 5.74) is 9.62. The first kappa shape index (κ1) is 14.0. The number of nitrogens with two attached hydrogens (primary N) is 1. The van der Waals surface area contributed by atoms with E-state index in [-0.39, 0.29) is 0 Å². The van der Waals surface area contributed by atoms with Crippen LogP contribution in [0.3, 0.4) is 0 Å². The van der Waals surface area contributed by atoms with Crippen molar-refractivity contribution < 1.29 is 0 Å². The van der Waals surface area contributed by atoms with Crippen molar-refractivity contribution in [3.63, 3.8) is 0 Å². The van der Waals surface area contributed by atoms with Gasteiger partial charge in [-0.25, -0.2) is 0 Å². The molecule has 100 valence electrons. The van der Waals surface area contributed by atoms with Gasteiger partial charge in [0.05, 0.1) is 0 Å². The van der Waals surface area contributed by atoms with E-state index in [1.807, 2.05) is 11.8 Å².